The van der Waals surface area contributed by atoms with Crippen LogP contribution in [0.5, 0.6) is 0 Å². The van der Waals surface area contributed by atoms with Gasteiger partial charge in [-0.3, -0.25) is 9.20 Å². The molecule has 0 saturated heterocycles. The number of aromatic nitrogens is 2. The smallest absolute Gasteiger partial charge is 0.321 e. The van der Waals surface area contributed by atoms with E-state index in [1.54, 1.807) is 35.7 Å². The molecular formula is C16H12F3N3O. The molecule has 0 spiro atoms. The van der Waals surface area contributed by atoms with Crippen molar-refractivity contribution in [3.63, 3.8) is 0 Å². The standard InChI is InChI=1S/C16H12F3N3O/c1-10-14(22-9-3-2-4-13(22)20-10)15(23)21-12-7-5-11(6-8-12)16(17,18)19/h2-9H,1H3,(H,21,23). The molecule has 3 rings (SSSR count). The van der Waals surface area contributed by atoms with Crippen molar-refractivity contribution in [2.45, 2.75) is 13.1 Å². The lowest BCUT2D eigenvalue weighted by molar-refractivity contribution is -0.137. The minimum atomic E-state index is -4.40. The first-order valence-corrected chi connectivity index (χ1v) is 6.78. The van der Waals surface area contributed by atoms with Crippen molar-refractivity contribution in [1.29, 1.82) is 0 Å². The number of alkyl halides is 3. The zero-order valence-corrected chi connectivity index (χ0v) is 12.1. The number of amides is 1. The number of nitrogens with zero attached hydrogens (tertiary/aromatic N) is 2. The van der Waals surface area contributed by atoms with E-state index in [-0.39, 0.29) is 5.69 Å². The molecule has 0 aliphatic rings. The summed E-state index contributed by atoms with van der Waals surface area (Å²) in [6.07, 6.45) is -2.70. The number of halogens is 3. The van der Waals surface area contributed by atoms with Gasteiger partial charge in [-0.2, -0.15) is 13.2 Å². The van der Waals surface area contributed by atoms with Crippen molar-refractivity contribution in [3.8, 4) is 0 Å². The zero-order chi connectivity index (χ0) is 16.6. The second-order valence-corrected chi connectivity index (χ2v) is 5.00. The first-order chi connectivity index (χ1) is 10.9. The maximum absolute atomic E-state index is 12.5. The largest absolute Gasteiger partial charge is 0.416 e. The molecule has 0 aliphatic carbocycles. The van der Waals surface area contributed by atoms with Crippen LogP contribution in [0.2, 0.25) is 0 Å². The van der Waals surface area contributed by atoms with Gasteiger partial charge in [0.2, 0.25) is 0 Å². The SMILES string of the molecule is Cc1nc2ccccn2c1C(=O)Nc1ccc(C(F)(F)F)cc1. The van der Waals surface area contributed by atoms with Crippen molar-refractivity contribution < 1.29 is 18.0 Å². The minimum absolute atomic E-state index is 0.285. The molecule has 0 fully saturated rings. The minimum Gasteiger partial charge on any atom is -0.321 e. The van der Waals surface area contributed by atoms with Gasteiger partial charge in [-0.25, -0.2) is 4.98 Å². The Kier molecular flexibility index (Phi) is 3.55. The van der Waals surface area contributed by atoms with Crippen LogP contribution in [-0.4, -0.2) is 15.3 Å². The fourth-order valence-electron chi connectivity index (χ4n) is 2.32. The van der Waals surface area contributed by atoms with Gasteiger partial charge in [-0.1, -0.05) is 6.07 Å². The summed E-state index contributed by atoms with van der Waals surface area (Å²) in [5, 5.41) is 2.59. The lowest BCUT2D eigenvalue weighted by Gasteiger charge is -2.09. The molecule has 0 saturated carbocycles. The Labute approximate surface area is 129 Å². The van der Waals surface area contributed by atoms with E-state index in [0.717, 1.165) is 12.1 Å². The highest BCUT2D eigenvalue weighted by Crippen LogP contribution is 2.29. The second kappa shape index (κ2) is 5.42. The van der Waals surface area contributed by atoms with Gasteiger partial charge < -0.3 is 5.32 Å². The Morgan fingerprint density at radius 1 is 1.13 bits per heavy atom. The van der Waals surface area contributed by atoms with E-state index in [9.17, 15) is 18.0 Å². The van der Waals surface area contributed by atoms with Crippen LogP contribution in [0.3, 0.4) is 0 Å². The Morgan fingerprint density at radius 2 is 1.83 bits per heavy atom. The highest BCUT2D eigenvalue weighted by atomic mass is 19.4. The van der Waals surface area contributed by atoms with Gasteiger partial charge in [0.25, 0.3) is 5.91 Å². The lowest BCUT2D eigenvalue weighted by atomic mass is 10.2. The normalized spacial score (nSPS) is 11.7. The molecule has 0 atom stereocenters. The number of aryl methyl sites for hydroxylation is 1. The predicted molar refractivity (Wildman–Crippen MR) is 79.3 cm³/mol. The number of carbonyl (C=O) groups is 1. The molecule has 1 amide bonds. The van der Waals surface area contributed by atoms with Gasteiger partial charge in [0.1, 0.15) is 11.3 Å². The highest BCUT2D eigenvalue weighted by molar-refractivity contribution is 6.04. The zero-order valence-electron chi connectivity index (χ0n) is 12.1. The van der Waals surface area contributed by atoms with Crippen LogP contribution in [0.1, 0.15) is 21.7 Å². The third-order valence-corrected chi connectivity index (χ3v) is 3.39. The van der Waals surface area contributed by atoms with E-state index in [1.807, 2.05) is 0 Å². The number of pyridine rings is 1. The summed E-state index contributed by atoms with van der Waals surface area (Å²) >= 11 is 0. The summed E-state index contributed by atoms with van der Waals surface area (Å²) in [6, 6.07) is 9.64. The molecule has 1 aromatic carbocycles. The number of hydrogen-bond acceptors (Lipinski definition) is 2. The monoisotopic (exact) mass is 319 g/mol. The molecule has 0 aliphatic heterocycles. The maximum Gasteiger partial charge on any atom is 0.416 e. The van der Waals surface area contributed by atoms with Crippen LogP contribution >= 0.6 is 0 Å². The molecule has 2 aromatic heterocycles. The Hall–Kier alpha value is -2.83. The Morgan fingerprint density at radius 3 is 2.48 bits per heavy atom. The van der Waals surface area contributed by atoms with Gasteiger partial charge >= 0.3 is 6.18 Å². The fraction of sp³-hybridized carbons (Fsp3) is 0.125. The van der Waals surface area contributed by atoms with Crippen molar-refractivity contribution >= 4 is 17.2 Å². The number of anilines is 1. The van der Waals surface area contributed by atoms with E-state index in [4.69, 9.17) is 0 Å². The van der Waals surface area contributed by atoms with Crippen LogP contribution in [-0.2, 0) is 6.18 Å². The summed E-state index contributed by atoms with van der Waals surface area (Å²) in [6.45, 7) is 1.70. The van der Waals surface area contributed by atoms with Crippen LogP contribution in [0, 0.1) is 6.92 Å². The van der Waals surface area contributed by atoms with Crippen molar-refractivity contribution in [3.05, 3.63) is 65.6 Å². The van der Waals surface area contributed by atoms with E-state index in [0.29, 0.717) is 17.0 Å². The number of fused-ring (bicyclic) bond motifs is 1. The van der Waals surface area contributed by atoms with Crippen molar-refractivity contribution in [1.82, 2.24) is 9.38 Å². The predicted octanol–water partition coefficient (Wildman–Crippen LogP) is 3.91. The summed E-state index contributed by atoms with van der Waals surface area (Å²) in [7, 11) is 0. The molecule has 0 unspecified atom stereocenters. The summed E-state index contributed by atoms with van der Waals surface area (Å²) < 4.78 is 39.2. The molecule has 4 nitrogen and oxygen atoms in total. The molecular weight excluding hydrogens is 307 g/mol. The van der Waals surface area contributed by atoms with Crippen molar-refractivity contribution in [2.75, 3.05) is 5.32 Å². The fourth-order valence-corrected chi connectivity index (χ4v) is 2.32. The molecule has 1 N–H and O–H groups in total. The molecule has 7 heteroatoms. The molecule has 3 aromatic rings. The number of imidazole rings is 1. The van der Waals surface area contributed by atoms with E-state index >= 15 is 0 Å². The second-order valence-electron chi connectivity index (χ2n) is 5.00. The highest BCUT2D eigenvalue weighted by Gasteiger charge is 2.30. The van der Waals surface area contributed by atoms with Crippen LogP contribution < -0.4 is 5.32 Å². The third-order valence-electron chi connectivity index (χ3n) is 3.39. The number of hydrogen-bond donors (Lipinski definition) is 1. The van der Waals surface area contributed by atoms with Gasteiger partial charge in [0.15, 0.2) is 0 Å². The Balaban J connectivity index is 1.88. The molecule has 2 heterocycles. The molecule has 0 radical (unpaired) electrons. The van der Waals surface area contributed by atoms with Gasteiger partial charge in [-0.15, -0.1) is 0 Å². The van der Waals surface area contributed by atoms with Crippen molar-refractivity contribution in [2.24, 2.45) is 0 Å². The van der Waals surface area contributed by atoms with E-state index in [2.05, 4.69) is 10.3 Å². The lowest BCUT2D eigenvalue weighted by Crippen LogP contribution is -2.15. The average molecular weight is 319 g/mol. The van der Waals surface area contributed by atoms with Gasteiger partial charge in [0.05, 0.1) is 11.3 Å². The molecule has 118 valence electrons. The van der Waals surface area contributed by atoms with Crippen LogP contribution in [0.15, 0.2) is 48.7 Å². The number of carbonyl (C=O) groups excluding carboxylic acids is 1. The number of nitrogens with one attached hydrogen (secondary N) is 1. The number of benzene rings is 1. The van der Waals surface area contributed by atoms with Gasteiger partial charge in [-0.05, 0) is 43.3 Å². The van der Waals surface area contributed by atoms with Gasteiger partial charge in [0, 0.05) is 11.9 Å². The molecule has 23 heavy (non-hydrogen) atoms. The average Bonchev–Trinajstić information content (AvgIpc) is 2.82. The van der Waals surface area contributed by atoms with E-state index in [1.165, 1.54) is 12.1 Å². The first-order valence-electron chi connectivity index (χ1n) is 6.78. The Bertz CT molecular complexity index is 866. The summed E-state index contributed by atoms with van der Waals surface area (Å²) in [5.74, 6) is -0.430. The third kappa shape index (κ3) is 2.90. The maximum atomic E-state index is 12.5. The van der Waals surface area contributed by atoms with Crippen LogP contribution in [0.25, 0.3) is 5.65 Å². The summed E-state index contributed by atoms with van der Waals surface area (Å²) in [4.78, 5) is 16.7. The quantitative estimate of drug-likeness (QED) is 0.778. The van der Waals surface area contributed by atoms with Crippen LogP contribution in [0.4, 0.5) is 18.9 Å². The first kappa shape index (κ1) is 15.1. The number of rotatable bonds is 2. The topological polar surface area (TPSA) is 46.4 Å². The summed E-state index contributed by atoms with van der Waals surface area (Å²) in [5.41, 5.74) is 1.04. The molecule has 0 bridgehead atoms. The van der Waals surface area contributed by atoms with E-state index < -0.39 is 17.6 Å².